The van der Waals surface area contributed by atoms with Crippen LogP contribution in [-0.2, 0) is 10.2 Å². The highest BCUT2D eigenvalue weighted by Crippen LogP contribution is 2.67. The van der Waals surface area contributed by atoms with Gasteiger partial charge in [-0.2, -0.15) is 0 Å². The van der Waals surface area contributed by atoms with Crippen LogP contribution >= 0.6 is 34.5 Å². The van der Waals surface area contributed by atoms with Crippen molar-refractivity contribution in [2.75, 3.05) is 5.32 Å². The number of anilines is 1. The number of aromatic nitrogens is 3. The van der Waals surface area contributed by atoms with Gasteiger partial charge in [0.2, 0.25) is 5.91 Å². The lowest BCUT2D eigenvalue weighted by Gasteiger charge is -2.35. The van der Waals surface area contributed by atoms with Crippen LogP contribution < -0.4 is 5.32 Å². The molecule has 138 valence electrons. The van der Waals surface area contributed by atoms with Gasteiger partial charge in [0.25, 0.3) is 0 Å². The van der Waals surface area contributed by atoms with E-state index in [4.69, 9.17) is 33.2 Å². The molecule has 1 N–H and O–H groups in total. The van der Waals surface area contributed by atoms with Crippen LogP contribution in [0.25, 0.3) is 11.0 Å². The largest absolute Gasteiger partial charge is 0.301 e. The molecule has 0 aliphatic heterocycles. The third-order valence-corrected chi connectivity index (χ3v) is 7.70. The van der Waals surface area contributed by atoms with Crippen molar-refractivity contribution in [1.82, 2.24) is 15.0 Å². The second-order valence-electron chi connectivity index (χ2n) is 7.72. The Morgan fingerprint density at radius 2 is 1.93 bits per heavy atom. The van der Waals surface area contributed by atoms with Gasteiger partial charge in [-0.1, -0.05) is 37.0 Å². The van der Waals surface area contributed by atoms with Crippen LogP contribution in [0.5, 0.6) is 0 Å². The Morgan fingerprint density at radius 3 is 2.59 bits per heavy atom. The summed E-state index contributed by atoms with van der Waals surface area (Å²) in [4.78, 5) is 27.4. The smallest absolute Gasteiger partial charge is 0.239 e. The van der Waals surface area contributed by atoms with Crippen molar-refractivity contribution in [2.45, 2.75) is 38.0 Å². The quantitative estimate of drug-likeness (QED) is 0.621. The Balaban J connectivity index is 1.71. The number of benzene rings is 1. The fourth-order valence-corrected chi connectivity index (χ4v) is 5.71. The number of nitrogens with zero attached hydrogens (tertiary/aromatic N) is 3. The molecule has 0 spiro atoms. The highest BCUT2D eigenvalue weighted by atomic mass is 35.5. The number of hydrogen-bond acceptors (Lipinski definition) is 5. The Morgan fingerprint density at radius 1 is 1.22 bits per heavy atom. The molecule has 1 amide bonds. The highest BCUT2D eigenvalue weighted by Gasteiger charge is 2.67. The number of fused-ring (bicyclic) bond motifs is 6. The van der Waals surface area contributed by atoms with Gasteiger partial charge >= 0.3 is 0 Å². The molecule has 2 aliphatic carbocycles. The van der Waals surface area contributed by atoms with Gasteiger partial charge in [-0.15, -0.1) is 11.3 Å². The molecule has 27 heavy (non-hydrogen) atoms. The van der Waals surface area contributed by atoms with E-state index in [0.29, 0.717) is 26.2 Å². The second kappa shape index (κ2) is 5.63. The number of thiazole rings is 1. The lowest BCUT2D eigenvalue weighted by molar-refractivity contribution is -0.124. The summed E-state index contributed by atoms with van der Waals surface area (Å²) >= 11 is 13.8. The van der Waals surface area contributed by atoms with Gasteiger partial charge in [0.1, 0.15) is 0 Å². The number of carbonyl (C=O) groups excluding carboxylic acids is 1. The molecule has 0 radical (unpaired) electrons. The van der Waals surface area contributed by atoms with Gasteiger partial charge in [0.05, 0.1) is 37.9 Å². The summed E-state index contributed by atoms with van der Waals surface area (Å²) < 4.78 is 0. The molecule has 3 aromatic rings. The zero-order chi connectivity index (χ0) is 19.0. The van der Waals surface area contributed by atoms with Crippen molar-refractivity contribution in [1.29, 1.82) is 0 Å². The van der Waals surface area contributed by atoms with E-state index in [1.807, 2.05) is 5.38 Å². The average Bonchev–Trinajstić information content (AvgIpc) is 3.26. The molecule has 2 heterocycles. The molecule has 1 aromatic carbocycles. The number of nitrogens with one attached hydrogen (secondary N) is 1. The number of rotatable bonds is 2. The van der Waals surface area contributed by atoms with Crippen molar-refractivity contribution in [2.24, 2.45) is 5.41 Å². The lowest BCUT2D eigenvalue weighted by atomic mass is 9.67. The molecule has 5 nitrogen and oxygen atoms in total. The summed E-state index contributed by atoms with van der Waals surface area (Å²) in [6.45, 7) is 4.28. The van der Waals surface area contributed by atoms with Crippen LogP contribution in [-0.4, -0.2) is 20.9 Å². The SMILES string of the molecule is CC1(C)C2CCC1(C(=O)Nc1nccs1)c1nc3cc(Cl)c(Cl)cc3nc12. The topological polar surface area (TPSA) is 67.8 Å². The van der Waals surface area contributed by atoms with Crippen LogP contribution in [0.2, 0.25) is 10.0 Å². The molecule has 8 heteroatoms. The third-order valence-electron chi connectivity index (χ3n) is 6.29. The fraction of sp³-hybridized carbons (Fsp3) is 0.368. The van der Waals surface area contributed by atoms with Gasteiger partial charge in [-0.05, 0) is 30.4 Å². The molecular formula is C19H16Cl2N4OS. The highest BCUT2D eigenvalue weighted by molar-refractivity contribution is 7.13. The maximum atomic E-state index is 13.5. The zero-order valence-corrected chi connectivity index (χ0v) is 17.0. The standard InChI is InChI=1S/C19H16Cl2N4OS/c1-18(2)9-3-4-19(18,16(26)25-17-22-5-6-27-17)15-14(9)23-12-7-10(20)11(21)8-13(12)24-15/h5-9H,3-4H2,1-2H3,(H,22,25,26). The summed E-state index contributed by atoms with van der Waals surface area (Å²) in [6, 6.07) is 3.46. The molecule has 0 saturated heterocycles. The van der Waals surface area contributed by atoms with Crippen molar-refractivity contribution >= 4 is 56.6 Å². The van der Waals surface area contributed by atoms with E-state index in [2.05, 4.69) is 24.1 Å². The first-order valence-corrected chi connectivity index (χ1v) is 10.4. The summed E-state index contributed by atoms with van der Waals surface area (Å²) in [7, 11) is 0. The van der Waals surface area contributed by atoms with Gasteiger partial charge in [-0.25, -0.2) is 15.0 Å². The van der Waals surface area contributed by atoms with Crippen LogP contribution in [0, 0.1) is 5.41 Å². The van der Waals surface area contributed by atoms with Gasteiger partial charge < -0.3 is 5.32 Å². The molecule has 1 saturated carbocycles. The van der Waals surface area contributed by atoms with Crippen molar-refractivity contribution in [3.63, 3.8) is 0 Å². The average molecular weight is 419 g/mol. The molecular weight excluding hydrogens is 403 g/mol. The van der Waals surface area contributed by atoms with Gasteiger partial charge in [0, 0.05) is 17.5 Å². The van der Waals surface area contributed by atoms with E-state index in [9.17, 15) is 4.79 Å². The zero-order valence-electron chi connectivity index (χ0n) is 14.7. The van der Waals surface area contributed by atoms with E-state index in [1.165, 1.54) is 11.3 Å². The van der Waals surface area contributed by atoms with Crippen molar-refractivity contribution in [3.8, 4) is 0 Å². The van der Waals surface area contributed by atoms with E-state index < -0.39 is 5.41 Å². The summed E-state index contributed by atoms with van der Waals surface area (Å²) in [5.74, 6) is 0.123. The maximum absolute atomic E-state index is 13.5. The first-order chi connectivity index (χ1) is 12.8. The van der Waals surface area contributed by atoms with E-state index >= 15 is 0 Å². The molecule has 2 bridgehead atoms. The predicted molar refractivity (Wildman–Crippen MR) is 108 cm³/mol. The molecule has 2 aromatic heterocycles. The normalized spacial score (nSPS) is 25.0. The third kappa shape index (κ3) is 2.18. The van der Waals surface area contributed by atoms with E-state index in [0.717, 1.165) is 24.2 Å². The molecule has 2 atom stereocenters. The van der Waals surface area contributed by atoms with Gasteiger partial charge in [-0.3, -0.25) is 4.79 Å². The van der Waals surface area contributed by atoms with Gasteiger partial charge in [0.15, 0.2) is 5.13 Å². The Bertz CT molecular complexity index is 1100. The Kier molecular flexibility index (Phi) is 3.61. The molecule has 5 rings (SSSR count). The Hall–Kier alpha value is -1.76. The number of halogens is 2. The number of carbonyl (C=O) groups is 1. The van der Waals surface area contributed by atoms with Crippen molar-refractivity contribution < 1.29 is 4.79 Å². The van der Waals surface area contributed by atoms with Crippen LogP contribution in [0.15, 0.2) is 23.7 Å². The molecule has 2 aliphatic rings. The summed E-state index contributed by atoms with van der Waals surface area (Å²) in [6.07, 6.45) is 3.34. The summed E-state index contributed by atoms with van der Waals surface area (Å²) in [5, 5.41) is 6.34. The number of hydrogen-bond donors (Lipinski definition) is 1. The first-order valence-electron chi connectivity index (χ1n) is 8.73. The minimum absolute atomic E-state index is 0.0580. The van der Waals surface area contributed by atoms with Crippen LogP contribution in [0.1, 0.15) is 44.0 Å². The van der Waals surface area contributed by atoms with Crippen molar-refractivity contribution in [3.05, 3.63) is 45.1 Å². The lowest BCUT2D eigenvalue weighted by Crippen LogP contribution is -2.46. The molecule has 2 unspecified atom stereocenters. The predicted octanol–water partition coefficient (Wildman–Crippen LogP) is 5.19. The number of amides is 1. The fourth-order valence-electron chi connectivity index (χ4n) is 4.87. The monoisotopic (exact) mass is 418 g/mol. The van der Waals surface area contributed by atoms with E-state index in [1.54, 1.807) is 18.3 Å². The minimum Gasteiger partial charge on any atom is -0.301 e. The second-order valence-corrected chi connectivity index (χ2v) is 9.43. The van der Waals surface area contributed by atoms with Crippen LogP contribution in [0.4, 0.5) is 5.13 Å². The summed E-state index contributed by atoms with van der Waals surface area (Å²) in [5.41, 5.74) is 2.03. The molecule has 1 fully saturated rings. The van der Waals surface area contributed by atoms with E-state index in [-0.39, 0.29) is 17.2 Å². The van der Waals surface area contributed by atoms with Crippen LogP contribution in [0.3, 0.4) is 0 Å². The Labute approximate surface area is 170 Å². The maximum Gasteiger partial charge on any atom is 0.239 e. The first kappa shape index (κ1) is 17.3. The minimum atomic E-state index is -0.730.